The maximum absolute atomic E-state index is 12.4. The molecule has 2 amide bonds. The lowest BCUT2D eigenvalue weighted by Crippen LogP contribution is -2.43. The van der Waals surface area contributed by atoms with Gasteiger partial charge in [0.2, 0.25) is 5.91 Å². The summed E-state index contributed by atoms with van der Waals surface area (Å²) in [6.45, 7) is -0.214. The number of aromatic nitrogens is 3. The van der Waals surface area contributed by atoms with E-state index in [2.05, 4.69) is 31.3 Å². The van der Waals surface area contributed by atoms with Crippen LogP contribution in [0.3, 0.4) is 0 Å². The molecule has 1 N–H and O–H groups in total. The highest BCUT2D eigenvalue weighted by atomic mass is 79.9. The molecule has 0 spiro atoms. The highest BCUT2D eigenvalue weighted by Gasteiger charge is 2.27. The zero-order valence-electron chi connectivity index (χ0n) is 14.0. The first-order valence-electron chi connectivity index (χ1n) is 8.09. The molecule has 1 aliphatic rings. The van der Waals surface area contributed by atoms with Gasteiger partial charge >= 0.3 is 0 Å². The SMILES string of the molecule is O=C(CN1C(=O)COc2cc(Br)ccc21)Nc1ccc(-n2cccn2)nc1. The van der Waals surface area contributed by atoms with Gasteiger partial charge in [-0.2, -0.15) is 5.10 Å². The molecule has 27 heavy (non-hydrogen) atoms. The van der Waals surface area contributed by atoms with E-state index in [1.54, 1.807) is 59.7 Å². The Morgan fingerprint density at radius 2 is 2.19 bits per heavy atom. The summed E-state index contributed by atoms with van der Waals surface area (Å²) >= 11 is 3.36. The Hall–Kier alpha value is -3.20. The number of fused-ring (bicyclic) bond motifs is 1. The van der Waals surface area contributed by atoms with Crippen molar-refractivity contribution in [2.24, 2.45) is 0 Å². The second-order valence-electron chi connectivity index (χ2n) is 5.78. The minimum atomic E-state index is -0.326. The third-order valence-electron chi connectivity index (χ3n) is 3.94. The van der Waals surface area contributed by atoms with Crippen molar-refractivity contribution in [3.05, 3.63) is 59.5 Å². The zero-order chi connectivity index (χ0) is 18.8. The first-order valence-corrected chi connectivity index (χ1v) is 8.88. The van der Waals surface area contributed by atoms with E-state index in [0.717, 1.165) is 4.47 Å². The van der Waals surface area contributed by atoms with Gasteiger partial charge in [-0.3, -0.25) is 14.5 Å². The maximum Gasteiger partial charge on any atom is 0.265 e. The fourth-order valence-corrected chi connectivity index (χ4v) is 3.04. The second kappa shape index (κ2) is 7.20. The molecule has 1 aliphatic heterocycles. The highest BCUT2D eigenvalue weighted by Crippen LogP contribution is 2.34. The standard InChI is InChI=1S/C18H14BrN5O3/c19-12-2-4-14-15(8-12)27-11-18(26)23(14)10-17(25)22-13-3-5-16(20-9-13)24-7-1-6-21-24/h1-9H,10-11H2,(H,22,25). The van der Waals surface area contributed by atoms with Gasteiger partial charge in [0.1, 0.15) is 12.3 Å². The van der Waals surface area contributed by atoms with Crippen molar-refractivity contribution in [3.8, 4) is 11.6 Å². The molecule has 4 rings (SSSR count). The number of halogens is 1. The van der Waals surface area contributed by atoms with Crippen molar-refractivity contribution in [1.29, 1.82) is 0 Å². The fraction of sp³-hybridized carbons (Fsp3) is 0.111. The molecule has 0 saturated heterocycles. The van der Waals surface area contributed by atoms with Gasteiger partial charge in [-0.05, 0) is 36.4 Å². The fourth-order valence-electron chi connectivity index (χ4n) is 2.70. The van der Waals surface area contributed by atoms with Crippen molar-refractivity contribution in [2.45, 2.75) is 0 Å². The summed E-state index contributed by atoms with van der Waals surface area (Å²) in [5.41, 5.74) is 1.10. The topological polar surface area (TPSA) is 89.4 Å². The summed E-state index contributed by atoms with van der Waals surface area (Å²) < 4.78 is 7.88. The molecule has 9 heteroatoms. The van der Waals surface area contributed by atoms with Crippen molar-refractivity contribution in [1.82, 2.24) is 14.8 Å². The van der Waals surface area contributed by atoms with Gasteiger partial charge in [0.25, 0.3) is 5.91 Å². The van der Waals surface area contributed by atoms with Crippen LogP contribution >= 0.6 is 15.9 Å². The van der Waals surface area contributed by atoms with E-state index in [9.17, 15) is 9.59 Å². The van der Waals surface area contributed by atoms with Gasteiger partial charge in [0, 0.05) is 16.9 Å². The molecular weight excluding hydrogens is 414 g/mol. The Bertz CT molecular complexity index is 989. The van der Waals surface area contributed by atoms with Gasteiger partial charge < -0.3 is 10.1 Å². The third kappa shape index (κ3) is 3.68. The minimum Gasteiger partial charge on any atom is -0.482 e. The van der Waals surface area contributed by atoms with Crippen LogP contribution in [0.15, 0.2) is 59.5 Å². The van der Waals surface area contributed by atoms with Crippen LogP contribution in [0, 0.1) is 0 Å². The molecule has 1 aromatic carbocycles. The molecule has 3 heterocycles. The molecule has 0 fully saturated rings. The number of pyridine rings is 1. The Kier molecular flexibility index (Phi) is 4.59. The van der Waals surface area contributed by atoms with Crippen LogP contribution in [-0.2, 0) is 9.59 Å². The maximum atomic E-state index is 12.4. The summed E-state index contributed by atoms with van der Waals surface area (Å²) in [5.74, 6) is 0.600. The van der Waals surface area contributed by atoms with Gasteiger partial charge in [0.15, 0.2) is 12.4 Å². The van der Waals surface area contributed by atoms with Gasteiger partial charge in [-0.25, -0.2) is 9.67 Å². The summed E-state index contributed by atoms with van der Waals surface area (Å²) in [6, 6.07) is 10.6. The summed E-state index contributed by atoms with van der Waals surface area (Å²) in [5, 5.41) is 6.85. The van der Waals surface area contributed by atoms with Crippen molar-refractivity contribution < 1.29 is 14.3 Å². The van der Waals surface area contributed by atoms with Crippen molar-refractivity contribution in [2.75, 3.05) is 23.4 Å². The van der Waals surface area contributed by atoms with E-state index in [1.165, 1.54) is 4.90 Å². The van der Waals surface area contributed by atoms with Crippen molar-refractivity contribution in [3.63, 3.8) is 0 Å². The van der Waals surface area contributed by atoms with Crippen LogP contribution < -0.4 is 15.0 Å². The van der Waals surface area contributed by atoms with E-state index in [0.29, 0.717) is 22.9 Å². The predicted molar refractivity (Wildman–Crippen MR) is 102 cm³/mol. The quantitative estimate of drug-likeness (QED) is 0.690. The molecule has 0 aliphatic carbocycles. The lowest BCUT2D eigenvalue weighted by Gasteiger charge is -2.28. The smallest absolute Gasteiger partial charge is 0.265 e. The van der Waals surface area contributed by atoms with Gasteiger partial charge in [-0.1, -0.05) is 15.9 Å². The number of nitrogens with one attached hydrogen (secondary N) is 1. The summed E-state index contributed by atoms with van der Waals surface area (Å²) in [7, 11) is 0. The Balaban J connectivity index is 1.46. The first kappa shape index (κ1) is 17.2. The lowest BCUT2D eigenvalue weighted by atomic mass is 10.2. The first-order chi connectivity index (χ1) is 13.1. The Labute approximate surface area is 162 Å². The van der Waals surface area contributed by atoms with E-state index < -0.39 is 0 Å². The third-order valence-corrected chi connectivity index (χ3v) is 4.43. The number of nitrogens with zero attached hydrogens (tertiary/aromatic N) is 4. The average Bonchev–Trinajstić information content (AvgIpc) is 3.19. The van der Waals surface area contributed by atoms with E-state index in [4.69, 9.17) is 4.74 Å². The Morgan fingerprint density at radius 1 is 1.30 bits per heavy atom. The molecule has 0 bridgehead atoms. The van der Waals surface area contributed by atoms with Crippen LogP contribution in [0.4, 0.5) is 11.4 Å². The molecule has 0 atom stereocenters. The number of ether oxygens (including phenoxy) is 1. The molecular formula is C18H14BrN5O3. The molecule has 3 aromatic rings. The predicted octanol–water partition coefficient (Wildman–Crippen LogP) is 2.39. The molecule has 8 nitrogen and oxygen atoms in total. The number of anilines is 2. The lowest BCUT2D eigenvalue weighted by molar-refractivity contribution is -0.123. The van der Waals surface area contributed by atoms with E-state index in [1.807, 2.05) is 0 Å². The van der Waals surface area contributed by atoms with Gasteiger partial charge in [0.05, 0.1) is 17.6 Å². The van der Waals surface area contributed by atoms with Crippen LogP contribution in [0.2, 0.25) is 0 Å². The molecule has 0 saturated carbocycles. The molecule has 0 radical (unpaired) electrons. The highest BCUT2D eigenvalue weighted by molar-refractivity contribution is 9.10. The average molecular weight is 428 g/mol. The number of benzene rings is 1. The molecule has 2 aromatic heterocycles. The minimum absolute atomic E-state index is 0.100. The van der Waals surface area contributed by atoms with Crippen LogP contribution in [0.1, 0.15) is 0 Å². The summed E-state index contributed by atoms with van der Waals surface area (Å²) in [4.78, 5) is 30.3. The number of rotatable bonds is 4. The summed E-state index contributed by atoms with van der Waals surface area (Å²) in [6.07, 6.45) is 4.98. The van der Waals surface area contributed by atoms with Crippen LogP contribution in [0.25, 0.3) is 5.82 Å². The number of carbonyl (C=O) groups is 2. The number of amides is 2. The Morgan fingerprint density at radius 3 is 2.93 bits per heavy atom. The van der Waals surface area contributed by atoms with Crippen LogP contribution in [0.5, 0.6) is 5.75 Å². The van der Waals surface area contributed by atoms with E-state index >= 15 is 0 Å². The number of hydrogen-bond donors (Lipinski definition) is 1. The molecule has 136 valence electrons. The largest absolute Gasteiger partial charge is 0.482 e. The van der Waals surface area contributed by atoms with E-state index in [-0.39, 0.29) is 25.0 Å². The van der Waals surface area contributed by atoms with Crippen molar-refractivity contribution >= 4 is 39.1 Å². The van der Waals surface area contributed by atoms with Gasteiger partial charge in [-0.15, -0.1) is 0 Å². The number of hydrogen-bond acceptors (Lipinski definition) is 5. The monoisotopic (exact) mass is 427 g/mol. The second-order valence-corrected chi connectivity index (χ2v) is 6.70. The number of carbonyl (C=O) groups excluding carboxylic acids is 2. The molecule has 0 unspecified atom stereocenters. The van der Waals surface area contributed by atoms with Crippen LogP contribution in [-0.4, -0.2) is 39.7 Å². The normalized spacial score (nSPS) is 13.1. The zero-order valence-corrected chi connectivity index (χ0v) is 15.6.